The van der Waals surface area contributed by atoms with Gasteiger partial charge >= 0.3 is 0 Å². The quantitative estimate of drug-likeness (QED) is 0.262. The van der Waals surface area contributed by atoms with Gasteiger partial charge in [0, 0.05) is 22.6 Å². The maximum Gasteiger partial charge on any atom is 0.270 e. The average molecular weight is 409 g/mol. The number of carbonyl (C=O) groups excluding carboxylic acids is 1. The molecule has 0 saturated heterocycles. The highest BCUT2D eigenvalue weighted by atomic mass is 32.2. The molecule has 29 heavy (non-hydrogen) atoms. The summed E-state index contributed by atoms with van der Waals surface area (Å²) in [4.78, 5) is 23.6. The van der Waals surface area contributed by atoms with E-state index in [0.717, 1.165) is 4.90 Å². The van der Waals surface area contributed by atoms with Crippen LogP contribution in [0.2, 0.25) is 0 Å². The molecule has 1 atom stereocenters. The van der Waals surface area contributed by atoms with Gasteiger partial charge in [0.25, 0.3) is 11.6 Å². The molecule has 7 nitrogen and oxygen atoms in total. The highest BCUT2D eigenvalue weighted by Gasteiger charge is 2.14. The second kappa shape index (κ2) is 9.20. The number of non-ortho nitro benzene ring substituents is 1. The summed E-state index contributed by atoms with van der Waals surface area (Å²) in [6.45, 7) is 3.82. The van der Waals surface area contributed by atoms with Crippen LogP contribution in [0.4, 0.5) is 5.69 Å². The lowest BCUT2D eigenvalue weighted by Gasteiger charge is -2.09. The second-order valence-electron chi connectivity index (χ2n) is 6.32. The van der Waals surface area contributed by atoms with Crippen LogP contribution in [0.3, 0.4) is 0 Å². The smallest absolute Gasteiger partial charge is 0.270 e. The predicted molar refractivity (Wildman–Crippen MR) is 113 cm³/mol. The van der Waals surface area contributed by atoms with Crippen LogP contribution in [0.1, 0.15) is 18.2 Å². The average Bonchev–Trinajstić information content (AvgIpc) is 3.18. The number of carbonyl (C=O) groups is 1. The van der Waals surface area contributed by atoms with E-state index in [1.807, 2.05) is 38.1 Å². The molecule has 0 radical (unpaired) electrons. The Morgan fingerprint density at radius 1 is 1.21 bits per heavy atom. The van der Waals surface area contributed by atoms with E-state index < -0.39 is 4.92 Å². The van der Waals surface area contributed by atoms with Crippen molar-refractivity contribution in [1.29, 1.82) is 0 Å². The number of benzene rings is 2. The highest BCUT2D eigenvalue weighted by molar-refractivity contribution is 8.00. The van der Waals surface area contributed by atoms with Crippen LogP contribution in [0.5, 0.6) is 0 Å². The van der Waals surface area contributed by atoms with Crippen LogP contribution in [0, 0.1) is 17.0 Å². The first kappa shape index (κ1) is 20.3. The molecule has 2 aromatic carbocycles. The molecule has 0 spiro atoms. The maximum atomic E-state index is 12.2. The number of furan rings is 1. The third-order valence-electron chi connectivity index (χ3n) is 4.04. The van der Waals surface area contributed by atoms with Crippen molar-refractivity contribution >= 4 is 29.6 Å². The summed E-state index contributed by atoms with van der Waals surface area (Å²) in [5.74, 6) is 0.674. The summed E-state index contributed by atoms with van der Waals surface area (Å²) in [6.07, 6.45) is 1.39. The second-order valence-corrected chi connectivity index (χ2v) is 7.73. The molecule has 1 aromatic heterocycles. The summed E-state index contributed by atoms with van der Waals surface area (Å²) >= 11 is 1.45. The normalized spacial score (nSPS) is 12.1. The highest BCUT2D eigenvalue weighted by Crippen LogP contribution is 2.25. The van der Waals surface area contributed by atoms with Crippen molar-refractivity contribution in [2.75, 3.05) is 0 Å². The standard InChI is InChI=1S/C21H19N3O4S/c1-14-6-9-19(10-7-14)29-15(2)21(25)23-22-13-18-8-11-20(28-18)16-4-3-5-17(12-16)24(26)27/h3-13,15H,1-2H3,(H,23,25)/b22-13-/t15-/m1/s1. The van der Waals surface area contributed by atoms with Crippen LogP contribution in [0.15, 0.2) is 75.1 Å². The maximum absolute atomic E-state index is 12.2. The number of aryl methyl sites for hydroxylation is 1. The number of nitro benzene ring substituents is 1. The van der Waals surface area contributed by atoms with Crippen molar-refractivity contribution < 1.29 is 14.1 Å². The van der Waals surface area contributed by atoms with E-state index in [9.17, 15) is 14.9 Å². The minimum absolute atomic E-state index is 0.0126. The molecule has 0 bridgehead atoms. The summed E-state index contributed by atoms with van der Waals surface area (Å²) < 4.78 is 5.63. The molecule has 1 N–H and O–H groups in total. The number of nitrogens with zero attached hydrogens (tertiary/aromatic N) is 2. The van der Waals surface area contributed by atoms with Crippen molar-refractivity contribution in [3.8, 4) is 11.3 Å². The Morgan fingerprint density at radius 3 is 2.69 bits per heavy atom. The largest absolute Gasteiger partial charge is 0.455 e. The Kier molecular flexibility index (Phi) is 6.46. The van der Waals surface area contributed by atoms with Gasteiger partial charge in [0.2, 0.25) is 0 Å². The number of thioether (sulfide) groups is 1. The zero-order valence-electron chi connectivity index (χ0n) is 15.9. The van der Waals surface area contributed by atoms with Gasteiger partial charge in [0.15, 0.2) is 0 Å². The first-order valence-electron chi connectivity index (χ1n) is 8.83. The number of hydrogen-bond acceptors (Lipinski definition) is 6. The minimum Gasteiger partial charge on any atom is -0.455 e. The van der Waals surface area contributed by atoms with Crippen LogP contribution in [-0.2, 0) is 4.79 Å². The Labute approximate surface area is 172 Å². The van der Waals surface area contributed by atoms with Crippen molar-refractivity contribution in [1.82, 2.24) is 5.43 Å². The van der Waals surface area contributed by atoms with Crippen LogP contribution in [0.25, 0.3) is 11.3 Å². The molecule has 148 valence electrons. The van der Waals surface area contributed by atoms with Gasteiger partial charge in [-0.1, -0.05) is 29.8 Å². The number of nitrogens with one attached hydrogen (secondary N) is 1. The Hall–Kier alpha value is -3.39. The third-order valence-corrected chi connectivity index (χ3v) is 5.15. The molecule has 1 amide bonds. The molecule has 3 rings (SSSR count). The van der Waals surface area contributed by atoms with Gasteiger partial charge in [-0.2, -0.15) is 5.10 Å². The van der Waals surface area contributed by atoms with E-state index in [-0.39, 0.29) is 16.8 Å². The summed E-state index contributed by atoms with van der Waals surface area (Å²) in [6, 6.07) is 17.5. The van der Waals surface area contributed by atoms with Gasteiger partial charge in [-0.3, -0.25) is 14.9 Å². The zero-order chi connectivity index (χ0) is 20.8. The topological polar surface area (TPSA) is 97.7 Å². The van der Waals surface area contributed by atoms with E-state index in [2.05, 4.69) is 10.5 Å². The molecule has 0 fully saturated rings. The van der Waals surface area contributed by atoms with Crippen LogP contribution in [-0.4, -0.2) is 22.3 Å². The molecule has 3 aromatic rings. The van der Waals surface area contributed by atoms with Gasteiger partial charge in [-0.05, 0) is 38.1 Å². The van der Waals surface area contributed by atoms with Gasteiger partial charge in [0.05, 0.1) is 16.4 Å². The van der Waals surface area contributed by atoms with Crippen LogP contribution < -0.4 is 5.43 Å². The summed E-state index contributed by atoms with van der Waals surface area (Å²) in [5, 5.41) is 14.5. The number of hydrogen-bond donors (Lipinski definition) is 1. The van der Waals surface area contributed by atoms with Gasteiger partial charge < -0.3 is 4.42 Å². The van der Waals surface area contributed by atoms with E-state index in [1.165, 1.54) is 35.7 Å². The zero-order valence-corrected chi connectivity index (χ0v) is 16.7. The molecule has 0 saturated carbocycles. The molecule has 0 unspecified atom stereocenters. The fraction of sp³-hybridized carbons (Fsp3) is 0.143. The fourth-order valence-corrected chi connectivity index (χ4v) is 3.34. The van der Waals surface area contributed by atoms with Crippen molar-refractivity contribution in [3.05, 3.63) is 82.1 Å². The molecule has 0 aliphatic heterocycles. The third kappa shape index (κ3) is 5.55. The first-order valence-corrected chi connectivity index (χ1v) is 9.71. The van der Waals surface area contributed by atoms with E-state index >= 15 is 0 Å². The van der Waals surface area contributed by atoms with Gasteiger partial charge in [-0.25, -0.2) is 5.43 Å². The minimum atomic E-state index is -0.458. The molecular formula is C21H19N3O4S. The van der Waals surface area contributed by atoms with E-state index in [1.54, 1.807) is 24.3 Å². The lowest BCUT2D eigenvalue weighted by molar-refractivity contribution is -0.384. The molecular weight excluding hydrogens is 390 g/mol. The Balaban J connectivity index is 1.58. The van der Waals surface area contributed by atoms with E-state index in [4.69, 9.17) is 4.42 Å². The SMILES string of the molecule is Cc1ccc(S[C@H](C)C(=O)N/N=C\c2ccc(-c3cccc([N+](=O)[O-])c3)o2)cc1. The fourth-order valence-electron chi connectivity index (χ4n) is 2.48. The van der Waals surface area contributed by atoms with Crippen molar-refractivity contribution in [2.24, 2.45) is 5.10 Å². The Bertz CT molecular complexity index is 1040. The van der Waals surface area contributed by atoms with Crippen molar-refractivity contribution in [2.45, 2.75) is 24.0 Å². The monoisotopic (exact) mass is 409 g/mol. The molecule has 0 aliphatic carbocycles. The molecule has 1 heterocycles. The van der Waals surface area contributed by atoms with Crippen molar-refractivity contribution in [3.63, 3.8) is 0 Å². The number of nitro groups is 1. The Morgan fingerprint density at radius 2 is 1.97 bits per heavy atom. The van der Waals surface area contributed by atoms with Gasteiger partial charge in [-0.15, -0.1) is 11.8 Å². The lowest BCUT2D eigenvalue weighted by Crippen LogP contribution is -2.26. The summed E-state index contributed by atoms with van der Waals surface area (Å²) in [7, 11) is 0. The number of amides is 1. The van der Waals surface area contributed by atoms with Gasteiger partial charge in [0.1, 0.15) is 11.5 Å². The number of rotatable bonds is 7. The molecule has 8 heteroatoms. The first-order chi connectivity index (χ1) is 13.9. The van der Waals surface area contributed by atoms with E-state index in [0.29, 0.717) is 17.1 Å². The predicted octanol–water partition coefficient (Wildman–Crippen LogP) is 4.79. The summed E-state index contributed by atoms with van der Waals surface area (Å²) in [5.41, 5.74) is 4.24. The lowest BCUT2D eigenvalue weighted by atomic mass is 10.1. The van der Waals surface area contributed by atoms with Crippen LogP contribution >= 0.6 is 11.8 Å². The molecule has 0 aliphatic rings. The number of hydrazone groups is 1.